The Morgan fingerprint density at radius 3 is 2.20 bits per heavy atom. The van der Waals surface area contributed by atoms with Gasteiger partial charge in [0.2, 0.25) is 0 Å². The predicted molar refractivity (Wildman–Crippen MR) is 69.0 cm³/mol. The Morgan fingerprint density at radius 1 is 1.13 bits per heavy atom. The third kappa shape index (κ3) is 5.12. The highest BCUT2D eigenvalue weighted by Crippen LogP contribution is 2.18. The van der Waals surface area contributed by atoms with Crippen molar-refractivity contribution in [2.45, 2.75) is 39.2 Å². The summed E-state index contributed by atoms with van der Waals surface area (Å²) in [5.41, 5.74) is 1.23. The largest absolute Gasteiger partial charge is 0.488 e. The zero-order chi connectivity index (χ0) is 11.3. The number of thiol groups is 1. The fourth-order valence-electron chi connectivity index (χ4n) is 1.36. The summed E-state index contributed by atoms with van der Waals surface area (Å²) < 4.78 is 5.75. The van der Waals surface area contributed by atoms with Crippen LogP contribution in [0.5, 0.6) is 5.75 Å². The second kappa shape index (κ2) is 5.45. The fourth-order valence-corrected chi connectivity index (χ4v) is 1.52. The van der Waals surface area contributed by atoms with Crippen LogP contribution in [0.2, 0.25) is 0 Å². The summed E-state index contributed by atoms with van der Waals surface area (Å²) in [4.78, 5) is 0. The summed E-state index contributed by atoms with van der Waals surface area (Å²) in [5, 5.41) is 0. The van der Waals surface area contributed by atoms with Gasteiger partial charge in [0.1, 0.15) is 11.4 Å². The average molecular weight is 224 g/mol. The van der Waals surface area contributed by atoms with E-state index in [0.29, 0.717) is 0 Å². The van der Waals surface area contributed by atoms with Gasteiger partial charge in [-0.15, -0.1) is 0 Å². The lowest BCUT2D eigenvalue weighted by atomic mass is 10.1. The van der Waals surface area contributed by atoms with Crippen LogP contribution in [0.4, 0.5) is 0 Å². The van der Waals surface area contributed by atoms with E-state index < -0.39 is 0 Å². The van der Waals surface area contributed by atoms with Crippen LogP contribution in [0.25, 0.3) is 0 Å². The molecule has 0 aliphatic rings. The van der Waals surface area contributed by atoms with Crippen molar-refractivity contribution in [1.82, 2.24) is 0 Å². The van der Waals surface area contributed by atoms with E-state index in [4.69, 9.17) is 4.74 Å². The van der Waals surface area contributed by atoms with Gasteiger partial charge in [-0.3, -0.25) is 0 Å². The van der Waals surface area contributed by atoms with Gasteiger partial charge < -0.3 is 4.74 Å². The Morgan fingerprint density at radius 2 is 1.73 bits per heavy atom. The van der Waals surface area contributed by atoms with E-state index in [9.17, 15) is 0 Å². The molecule has 1 aromatic rings. The number of ether oxygens (including phenoxy) is 1. The Bertz CT molecular complexity index is 284. The highest BCUT2D eigenvalue weighted by atomic mass is 32.1. The zero-order valence-electron chi connectivity index (χ0n) is 9.79. The highest BCUT2D eigenvalue weighted by molar-refractivity contribution is 7.80. The average Bonchev–Trinajstić information content (AvgIpc) is 2.14. The smallest absolute Gasteiger partial charge is 0.120 e. The van der Waals surface area contributed by atoms with Crippen LogP contribution in [-0.2, 0) is 6.42 Å². The second-order valence-corrected chi connectivity index (χ2v) is 5.13. The molecule has 1 aromatic carbocycles. The molecular weight excluding hydrogens is 204 g/mol. The molecule has 0 amide bonds. The zero-order valence-corrected chi connectivity index (χ0v) is 10.7. The van der Waals surface area contributed by atoms with Crippen molar-refractivity contribution >= 4 is 12.6 Å². The van der Waals surface area contributed by atoms with Crippen LogP contribution < -0.4 is 4.74 Å². The van der Waals surface area contributed by atoms with Gasteiger partial charge in [0.25, 0.3) is 0 Å². The first-order valence-electron chi connectivity index (χ1n) is 5.40. The lowest BCUT2D eigenvalue weighted by Crippen LogP contribution is -2.22. The van der Waals surface area contributed by atoms with Crippen molar-refractivity contribution in [2.75, 3.05) is 5.75 Å². The Hall–Kier alpha value is -0.630. The minimum absolute atomic E-state index is 0.118. The summed E-state index contributed by atoms with van der Waals surface area (Å²) in [6, 6.07) is 8.34. The fraction of sp³-hybridized carbons (Fsp3) is 0.538. The van der Waals surface area contributed by atoms with E-state index in [1.807, 2.05) is 12.1 Å². The lowest BCUT2D eigenvalue weighted by Gasteiger charge is -2.21. The first-order chi connectivity index (χ1) is 7.01. The minimum Gasteiger partial charge on any atom is -0.488 e. The predicted octanol–water partition coefficient (Wildman–Crippen LogP) is 3.73. The van der Waals surface area contributed by atoms with Gasteiger partial charge in [0.15, 0.2) is 0 Å². The maximum absolute atomic E-state index is 5.75. The Balaban J connectivity index is 2.56. The van der Waals surface area contributed by atoms with Gasteiger partial charge in [-0.1, -0.05) is 12.1 Å². The monoisotopic (exact) mass is 224 g/mol. The minimum atomic E-state index is -0.118. The molecule has 0 aliphatic heterocycles. The van der Waals surface area contributed by atoms with Crippen LogP contribution in [0.1, 0.15) is 32.8 Å². The van der Waals surface area contributed by atoms with Gasteiger partial charge in [0, 0.05) is 0 Å². The van der Waals surface area contributed by atoms with Crippen molar-refractivity contribution in [3.05, 3.63) is 29.8 Å². The molecule has 84 valence electrons. The van der Waals surface area contributed by atoms with Crippen LogP contribution >= 0.6 is 12.6 Å². The molecule has 0 saturated heterocycles. The molecule has 0 fully saturated rings. The standard InChI is InChI=1S/C13H20OS/c1-13(2,3)14-12-8-6-11(7-9-12)5-4-10-15/h6-9,15H,4-5,10H2,1-3H3. The highest BCUT2D eigenvalue weighted by Gasteiger charge is 2.11. The SMILES string of the molecule is CC(C)(C)Oc1ccc(CCCS)cc1. The van der Waals surface area contributed by atoms with Gasteiger partial charge >= 0.3 is 0 Å². The Labute approximate surface area is 98.3 Å². The molecule has 0 radical (unpaired) electrons. The molecule has 0 unspecified atom stereocenters. The first-order valence-corrected chi connectivity index (χ1v) is 6.03. The van der Waals surface area contributed by atoms with E-state index in [1.54, 1.807) is 0 Å². The van der Waals surface area contributed by atoms with Crippen molar-refractivity contribution in [2.24, 2.45) is 0 Å². The van der Waals surface area contributed by atoms with Gasteiger partial charge in [-0.05, 0) is 57.1 Å². The number of aryl methyl sites for hydroxylation is 1. The van der Waals surface area contributed by atoms with Crippen molar-refractivity contribution in [3.63, 3.8) is 0 Å². The molecular formula is C13H20OS. The van der Waals surface area contributed by atoms with E-state index >= 15 is 0 Å². The van der Waals surface area contributed by atoms with Crippen LogP contribution in [0.3, 0.4) is 0 Å². The lowest BCUT2D eigenvalue weighted by molar-refractivity contribution is 0.131. The van der Waals surface area contributed by atoms with Crippen LogP contribution in [0.15, 0.2) is 24.3 Å². The first kappa shape index (κ1) is 12.4. The Kier molecular flexibility index (Phi) is 4.52. The molecule has 1 rings (SSSR count). The summed E-state index contributed by atoms with van der Waals surface area (Å²) in [5.74, 6) is 1.89. The second-order valence-electron chi connectivity index (χ2n) is 4.69. The molecule has 2 heteroatoms. The normalized spacial score (nSPS) is 11.5. The molecule has 15 heavy (non-hydrogen) atoms. The molecule has 0 heterocycles. The van der Waals surface area contributed by atoms with E-state index in [1.165, 1.54) is 5.56 Å². The molecule has 0 N–H and O–H groups in total. The summed E-state index contributed by atoms with van der Waals surface area (Å²) in [6.45, 7) is 6.17. The summed E-state index contributed by atoms with van der Waals surface area (Å²) >= 11 is 4.20. The number of rotatable bonds is 4. The molecule has 0 aromatic heterocycles. The van der Waals surface area contributed by atoms with E-state index in [0.717, 1.165) is 24.3 Å². The third-order valence-corrected chi connectivity index (χ3v) is 2.29. The number of hydrogen-bond acceptors (Lipinski definition) is 2. The topological polar surface area (TPSA) is 9.23 Å². The summed E-state index contributed by atoms with van der Waals surface area (Å²) in [6.07, 6.45) is 2.22. The third-order valence-electron chi connectivity index (χ3n) is 1.97. The molecule has 0 aliphatic carbocycles. The summed E-state index contributed by atoms with van der Waals surface area (Å²) in [7, 11) is 0. The molecule has 0 bridgehead atoms. The quantitative estimate of drug-likeness (QED) is 0.767. The van der Waals surface area contributed by atoms with Crippen molar-refractivity contribution in [1.29, 1.82) is 0 Å². The van der Waals surface area contributed by atoms with Crippen LogP contribution in [0, 0.1) is 0 Å². The van der Waals surface area contributed by atoms with E-state index in [2.05, 4.69) is 45.5 Å². The van der Waals surface area contributed by atoms with E-state index in [-0.39, 0.29) is 5.60 Å². The van der Waals surface area contributed by atoms with Gasteiger partial charge in [-0.25, -0.2) is 0 Å². The maximum Gasteiger partial charge on any atom is 0.120 e. The maximum atomic E-state index is 5.75. The van der Waals surface area contributed by atoms with Gasteiger partial charge in [-0.2, -0.15) is 12.6 Å². The molecule has 1 nitrogen and oxygen atoms in total. The van der Waals surface area contributed by atoms with Gasteiger partial charge in [0.05, 0.1) is 0 Å². The number of hydrogen-bond donors (Lipinski definition) is 1. The molecule has 0 atom stereocenters. The molecule has 0 spiro atoms. The molecule has 0 saturated carbocycles. The van der Waals surface area contributed by atoms with Crippen molar-refractivity contribution < 1.29 is 4.74 Å². The number of benzene rings is 1. The van der Waals surface area contributed by atoms with Crippen LogP contribution in [-0.4, -0.2) is 11.4 Å². The van der Waals surface area contributed by atoms with Crippen molar-refractivity contribution in [3.8, 4) is 5.75 Å².